The molecule has 6 nitrogen and oxygen atoms in total. The maximum Gasteiger partial charge on any atom is 0.411 e. The topological polar surface area (TPSA) is 72.9 Å². The highest BCUT2D eigenvalue weighted by Crippen LogP contribution is 2.23. The molecule has 1 saturated heterocycles. The molecule has 21 heavy (non-hydrogen) atoms. The molecule has 0 radical (unpaired) electrons. The summed E-state index contributed by atoms with van der Waals surface area (Å²) in [6.07, 6.45) is -0.562. The predicted molar refractivity (Wildman–Crippen MR) is 73.4 cm³/mol. The van der Waals surface area contributed by atoms with Crippen molar-refractivity contribution in [3.05, 3.63) is 35.9 Å². The Balaban J connectivity index is 2.05. The van der Waals surface area contributed by atoms with Gasteiger partial charge in [0.2, 0.25) is 0 Å². The SMILES string of the molecule is COC(=O)[C@@H]1C(=O)CC(C)N1C(=O)OCc1ccccc1. The van der Waals surface area contributed by atoms with E-state index in [-0.39, 0.29) is 24.9 Å². The maximum absolute atomic E-state index is 12.1. The fourth-order valence-corrected chi connectivity index (χ4v) is 2.35. The summed E-state index contributed by atoms with van der Waals surface area (Å²) >= 11 is 0. The molecule has 1 aromatic rings. The van der Waals surface area contributed by atoms with Crippen LogP contribution in [0, 0.1) is 0 Å². The number of esters is 1. The molecule has 1 aliphatic rings. The molecule has 0 bridgehead atoms. The lowest BCUT2D eigenvalue weighted by molar-refractivity contribution is -0.148. The van der Waals surface area contributed by atoms with Crippen LogP contribution in [0.5, 0.6) is 0 Å². The lowest BCUT2D eigenvalue weighted by Crippen LogP contribution is -2.46. The Labute approximate surface area is 122 Å². The molecule has 112 valence electrons. The van der Waals surface area contributed by atoms with Crippen LogP contribution < -0.4 is 0 Å². The van der Waals surface area contributed by atoms with Crippen molar-refractivity contribution >= 4 is 17.8 Å². The Hall–Kier alpha value is -2.37. The van der Waals surface area contributed by atoms with Crippen LogP contribution in [0.25, 0.3) is 0 Å². The molecule has 1 heterocycles. The van der Waals surface area contributed by atoms with E-state index < -0.39 is 18.1 Å². The molecule has 2 atom stereocenters. The summed E-state index contributed by atoms with van der Waals surface area (Å²) in [6.45, 7) is 1.79. The molecule has 0 N–H and O–H groups in total. The van der Waals surface area contributed by atoms with Crippen molar-refractivity contribution in [2.75, 3.05) is 7.11 Å². The molecule has 1 unspecified atom stereocenters. The van der Waals surface area contributed by atoms with Crippen LogP contribution in [0.15, 0.2) is 30.3 Å². The van der Waals surface area contributed by atoms with E-state index in [9.17, 15) is 14.4 Å². The first-order chi connectivity index (χ1) is 10.0. The number of rotatable bonds is 3. The van der Waals surface area contributed by atoms with Crippen molar-refractivity contribution in [1.29, 1.82) is 0 Å². The second kappa shape index (κ2) is 6.39. The number of benzene rings is 1. The average molecular weight is 291 g/mol. The number of amides is 1. The number of hydrogen-bond donors (Lipinski definition) is 0. The minimum absolute atomic E-state index is 0.0883. The van der Waals surface area contributed by atoms with Gasteiger partial charge in [-0.2, -0.15) is 0 Å². The first-order valence-corrected chi connectivity index (χ1v) is 6.64. The van der Waals surface area contributed by atoms with Gasteiger partial charge in [0.05, 0.1) is 7.11 Å². The summed E-state index contributed by atoms with van der Waals surface area (Å²) in [5.74, 6) is -1.06. The lowest BCUT2D eigenvalue weighted by atomic mass is 10.2. The smallest absolute Gasteiger partial charge is 0.411 e. The second-order valence-corrected chi connectivity index (χ2v) is 4.89. The number of hydrogen-bond acceptors (Lipinski definition) is 5. The highest BCUT2D eigenvalue weighted by molar-refractivity contribution is 6.07. The number of ether oxygens (including phenoxy) is 2. The zero-order chi connectivity index (χ0) is 15.4. The number of likely N-dealkylation sites (tertiary alicyclic amines) is 1. The monoisotopic (exact) mass is 291 g/mol. The Kier molecular flexibility index (Phi) is 4.57. The number of ketones is 1. The normalized spacial score (nSPS) is 21.2. The Bertz CT molecular complexity index is 534. The third kappa shape index (κ3) is 3.21. The fraction of sp³-hybridized carbons (Fsp3) is 0.400. The first-order valence-electron chi connectivity index (χ1n) is 6.64. The molecule has 0 saturated carbocycles. The number of methoxy groups -OCH3 is 1. The van der Waals surface area contributed by atoms with Gasteiger partial charge >= 0.3 is 12.1 Å². The molecular formula is C15H17NO5. The summed E-state index contributed by atoms with van der Waals surface area (Å²) < 4.78 is 9.77. The molecule has 1 amide bonds. The zero-order valence-electron chi connectivity index (χ0n) is 11.9. The van der Waals surface area contributed by atoms with E-state index in [0.717, 1.165) is 10.5 Å². The molecule has 1 aromatic carbocycles. The van der Waals surface area contributed by atoms with Crippen molar-refractivity contribution < 1.29 is 23.9 Å². The highest BCUT2D eigenvalue weighted by Gasteiger charge is 2.46. The van der Waals surface area contributed by atoms with Crippen LogP contribution in [-0.4, -0.2) is 41.9 Å². The van der Waals surface area contributed by atoms with Crippen LogP contribution in [0.1, 0.15) is 18.9 Å². The van der Waals surface area contributed by atoms with Gasteiger partial charge in [-0.15, -0.1) is 0 Å². The first kappa shape index (κ1) is 15.0. The van der Waals surface area contributed by atoms with Gasteiger partial charge in [0.1, 0.15) is 6.61 Å². The van der Waals surface area contributed by atoms with E-state index in [1.54, 1.807) is 6.92 Å². The minimum atomic E-state index is -1.20. The van der Waals surface area contributed by atoms with Crippen LogP contribution in [0.4, 0.5) is 4.79 Å². The second-order valence-electron chi connectivity index (χ2n) is 4.89. The van der Waals surface area contributed by atoms with Gasteiger partial charge in [0.15, 0.2) is 11.8 Å². The zero-order valence-corrected chi connectivity index (χ0v) is 11.9. The summed E-state index contributed by atoms with van der Waals surface area (Å²) in [4.78, 5) is 36.8. The summed E-state index contributed by atoms with van der Waals surface area (Å²) in [5.41, 5.74) is 0.832. The van der Waals surface area contributed by atoms with E-state index in [1.165, 1.54) is 7.11 Å². The van der Waals surface area contributed by atoms with E-state index in [0.29, 0.717) is 0 Å². The maximum atomic E-state index is 12.1. The summed E-state index contributed by atoms with van der Waals surface area (Å²) in [6, 6.07) is 7.59. The van der Waals surface area contributed by atoms with E-state index in [1.807, 2.05) is 30.3 Å². The van der Waals surface area contributed by atoms with Crippen molar-refractivity contribution in [3.63, 3.8) is 0 Å². The predicted octanol–water partition coefficient (Wildman–Crippen LogP) is 1.53. The summed E-state index contributed by atoms with van der Waals surface area (Å²) in [7, 11) is 1.19. The van der Waals surface area contributed by atoms with Gasteiger partial charge in [0.25, 0.3) is 0 Å². The number of carbonyl (C=O) groups excluding carboxylic acids is 3. The minimum Gasteiger partial charge on any atom is -0.467 e. The standard InChI is InChI=1S/C15H17NO5/c1-10-8-12(17)13(14(18)20-2)16(10)15(19)21-9-11-6-4-3-5-7-11/h3-7,10,13H,8-9H2,1-2H3/t10?,13-/m0/s1. The molecule has 2 rings (SSSR count). The molecule has 1 aliphatic heterocycles. The Morgan fingerprint density at radius 3 is 2.57 bits per heavy atom. The lowest BCUT2D eigenvalue weighted by Gasteiger charge is -2.24. The van der Waals surface area contributed by atoms with Gasteiger partial charge in [0, 0.05) is 12.5 Å². The summed E-state index contributed by atoms with van der Waals surface area (Å²) in [5, 5.41) is 0. The average Bonchev–Trinajstić information content (AvgIpc) is 2.79. The fourth-order valence-electron chi connectivity index (χ4n) is 2.35. The van der Waals surface area contributed by atoms with Gasteiger partial charge in [-0.05, 0) is 12.5 Å². The van der Waals surface area contributed by atoms with Crippen molar-refractivity contribution in [2.45, 2.75) is 32.0 Å². The molecule has 0 aliphatic carbocycles. The van der Waals surface area contributed by atoms with Crippen LogP contribution in [0.2, 0.25) is 0 Å². The van der Waals surface area contributed by atoms with E-state index in [4.69, 9.17) is 4.74 Å². The van der Waals surface area contributed by atoms with Crippen LogP contribution in [0.3, 0.4) is 0 Å². The van der Waals surface area contributed by atoms with Gasteiger partial charge in [-0.1, -0.05) is 30.3 Å². The van der Waals surface area contributed by atoms with Crippen molar-refractivity contribution in [3.8, 4) is 0 Å². The Morgan fingerprint density at radius 1 is 1.29 bits per heavy atom. The van der Waals surface area contributed by atoms with Crippen LogP contribution >= 0.6 is 0 Å². The molecular weight excluding hydrogens is 274 g/mol. The number of carbonyl (C=O) groups is 3. The van der Waals surface area contributed by atoms with Gasteiger partial charge < -0.3 is 9.47 Å². The molecule has 6 heteroatoms. The highest BCUT2D eigenvalue weighted by atomic mass is 16.6. The van der Waals surface area contributed by atoms with Gasteiger partial charge in [-0.3, -0.25) is 9.69 Å². The van der Waals surface area contributed by atoms with Crippen molar-refractivity contribution in [2.24, 2.45) is 0 Å². The number of Topliss-reactive ketones (excluding diaryl/α,β-unsaturated/α-hetero) is 1. The third-order valence-corrected chi connectivity index (χ3v) is 3.40. The van der Waals surface area contributed by atoms with Crippen LogP contribution in [-0.2, 0) is 25.7 Å². The van der Waals surface area contributed by atoms with Gasteiger partial charge in [-0.25, -0.2) is 9.59 Å². The van der Waals surface area contributed by atoms with E-state index in [2.05, 4.69) is 4.74 Å². The molecule has 0 aromatic heterocycles. The van der Waals surface area contributed by atoms with Crippen molar-refractivity contribution in [1.82, 2.24) is 4.90 Å². The largest absolute Gasteiger partial charge is 0.467 e. The third-order valence-electron chi connectivity index (χ3n) is 3.40. The quantitative estimate of drug-likeness (QED) is 0.623. The van der Waals surface area contributed by atoms with E-state index >= 15 is 0 Å². The molecule has 1 fully saturated rings. The number of nitrogens with zero attached hydrogens (tertiary/aromatic N) is 1. The Morgan fingerprint density at radius 2 is 1.95 bits per heavy atom. The molecule has 0 spiro atoms.